The Balaban J connectivity index is 2.15. The molecule has 0 spiro atoms. The fourth-order valence-electron chi connectivity index (χ4n) is 2.62. The van der Waals surface area contributed by atoms with Crippen LogP contribution in [0.5, 0.6) is 5.75 Å². The maximum absolute atomic E-state index is 11.7. The van der Waals surface area contributed by atoms with Gasteiger partial charge in [-0.05, 0) is 30.2 Å². The number of methoxy groups -OCH3 is 1. The van der Waals surface area contributed by atoms with E-state index in [4.69, 9.17) is 9.94 Å². The van der Waals surface area contributed by atoms with Crippen LogP contribution in [0, 0.1) is 0 Å². The predicted molar refractivity (Wildman–Crippen MR) is 69.2 cm³/mol. The van der Waals surface area contributed by atoms with Gasteiger partial charge < -0.3 is 15.0 Å². The summed E-state index contributed by atoms with van der Waals surface area (Å²) in [6, 6.07) is 5.22. The Labute approximate surface area is 109 Å². The lowest BCUT2D eigenvalue weighted by Crippen LogP contribution is -2.40. The number of fused-ring (bicyclic) bond motifs is 3. The summed E-state index contributed by atoms with van der Waals surface area (Å²) >= 11 is 0. The van der Waals surface area contributed by atoms with Crippen molar-refractivity contribution in [3.8, 4) is 5.75 Å². The van der Waals surface area contributed by atoms with E-state index in [-0.39, 0.29) is 0 Å². The second-order valence-electron chi connectivity index (χ2n) is 4.54. The van der Waals surface area contributed by atoms with E-state index >= 15 is 0 Å². The van der Waals surface area contributed by atoms with Crippen molar-refractivity contribution in [1.29, 1.82) is 0 Å². The van der Waals surface area contributed by atoms with Crippen molar-refractivity contribution in [3.63, 3.8) is 0 Å². The number of benzene rings is 1. The zero-order valence-electron chi connectivity index (χ0n) is 10.5. The molecule has 1 atom stereocenters. The normalized spacial score (nSPS) is 18.1. The Hall–Kier alpha value is -2.05. The van der Waals surface area contributed by atoms with Crippen LogP contribution in [0.1, 0.15) is 17.3 Å². The van der Waals surface area contributed by atoms with Gasteiger partial charge in [-0.2, -0.15) is 0 Å². The zero-order valence-corrected chi connectivity index (χ0v) is 10.5. The molecule has 19 heavy (non-hydrogen) atoms. The molecule has 1 unspecified atom stereocenters. The quantitative estimate of drug-likeness (QED) is 0.477. The Morgan fingerprint density at radius 1 is 1.53 bits per heavy atom. The number of carbonyl (C=O) groups is 1. The highest BCUT2D eigenvalue weighted by Crippen LogP contribution is 2.32. The van der Waals surface area contributed by atoms with Gasteiger partial charge in [0.2, 0.25) is 0 Å². The van der Waals surface area contributed by atoms with Crippen molar-refractivity contribution >= 4 is 16.8 Å². The molecular formula is C13H15N3O3. The summed E-state index contributed by atoms with van der Waals surface area (Å²) in [6.07, 6.45) is 0.831. The number of hydrogen-bond donors (Lipinski definition) is 4. The zero-order chi connectivity index (χ0) is 13.4. The lowest BCUT2D eigenvalue weighted by Gasteiger charge is -2.22. The first-order chi connectivity index (χ1) is 9.24. The monoisotopic (exact) mass is 261 g/mol. The van der Waals surface area contributed by atoms with Gasteiger partial charge in [0, 0.05) is 23.1 Å². The van der Waals surface area contributed by atoms with Crippen LogP contribution in [0.2, 0.25) is 0 Å². The maximum atomic E-state index is 11.7. The minimum Gasteiger partial charge on any atom is -0.497 e. The molecule has 1 aliphatic rings. The second kappa shape index (κ2) is 4.56. The molecule has 0 saturated carbocycles. The highest BCUT2D eigenvalue weighted by molar-refractivity contribution is 5.90. The highest BCUT2D eigenvalue weighted by atomic mass is 16.5. The number of hydrogen-bond acceptors (Lipinski definition) is 4. The van der Waals surface area contributed by atoms with Gasteiger partial charge in [0.1, 0.15) is 11.8 Å². The van der Waals surface area contributed by atoms with Crippen LogP contribution in [-0.2, 0) is 11.2 Å². The Morgan fingerprint density at radius 3 is 3.11 bits per heavy atom. The number of aromatic amines is 1. The number of rotatable bonds is 2. The Bertz CT molecular complexity index is 635. The molecule has 100 valence electrons. The van der Waals surface area contributed by atoms with Crippen LogP contribution in [0.25, 0.3) is 10.9 Å². The third kappa shape index (κ3) is 1.85. The summed E-state index contributed by atoms with van der Waals surface area (Å²) in [5.74, 6) is 0.329. The van der Waals surface area contributed by atoms with Gasteiger partial charge in [0.15, 0.2) is 0 Å². The van der Waals surface area contributed by atoms with E-state index in [1.165, 1.54) is 0 Å². The maximum Gasteiger partial charge on any atom is 0.266 e. The van der Waals surface area contributed by atoms with Crippen molar-refractivity contribution in [2.45, 2.75) is 12.5 Å². The predicted octanol–water partition coefficient (Wildman–Crippen LogP) is 0.869. The van der Waals surface area contributed by atoms with Crippen molar-refractivity contribution in [1.82, 2.24) is 15.8 Å². The molecule has 1 aromatic carbocycles. The molecule has 1 aliphatic heterocycles. The van der Waals surface area contributed by atoms with Gasteiger partial charge in [-0.25, -0.2) is 5.48 Å². The number of carbonyl (C=O) groups excluding carboxylic acids is 1. The molecule has 0 saturated heterocycles. The minimum absolute atomic E-state index is 0.459. The van der Waals surface area contributed by atoms with Crippen LogP contribution in [0.15, 0.2) is 18.2 Å². The largest absolute Gasteiger partial charge is 0.497 e. The van der Waals surface area contributed by atoms with Crippen LogP contribution < -0.4 is 15.5 Å². The van der Waals surface area contributed by atoms with E-state index in [1.54, 1.807) is 12.6 Å². The van der Waals surface area contributed by atoms with E-state index in [9.17, 15) is 4.79 Å². The van der Waals surface area contributed by atoms with Gasteiger partial charge in [-0.3, -0.25) is 10.0 Å². The van der Waals surface area contributed by atoms with Crippen molar-refractivity contribution in [2.24, 2.45) is 0 Å². The first kappa shape index (κ1) is 12.0. The average molecular weight is 261 g/mol. The molecule has 0 fully saturated rings. The van der Waals surface area contributed by atoms with Crippen molar-refractivity contribution < 1.29 is 14.7 Å². The first-order valence-electron chi connectivity index (χ1n) is 6.10. The molecule has 0 bridgehead atoms. The lowest BCUT2D eigenvalue weighted by atomic mass is 9.99. The van der Waals surface area contributed by atoms with Gasteiger partial charge in [0.25, 0.3) is 5.91 Å². The van der Waals surface area contributed by atoms with Crippen LogP contribution in [0.4, 0.5) is 0 Å². The molecule has 6 nitrogen and oxygen atoms in total. The SMILES string of the molecule is COc1ccc2[nH]c3c(c2c1)CCNC3C(=O)NO. The Kier molecular flexibility index (Phi) is 2.88. The summed E-state index contributed by atoms with van der Waals surface area (Å²) in [5, 5.41) is 12.9. The van der Waals surface area contributed by atoms with Crippen molar-refractivity contribution in [3.05, 3.63) is 29.5 Å². The first-order valence-corrected chi connectivity index (χ1v) is 6.10. The number of aromatic nitrogens is 1. The fourth-order valence-corrected chi connectivity index (χ4v) is 2.62. The summed E-state index contributed by atoms with van der Waals surface area (Å²) in [7, 11) is 1.63. The molecule has 0 radical (unpaired) electrons. The van der Waals surface area contributed by atoms with Crippen LogP contribution in [-0.4, -0.2) is 29.8 Å². The standard InChI is InChI=1S/C13H15N3O3/c1-19-7-2-3-10-9(6-7)8-4-5-14-12(11(8)15-10)13(17)16-18/h2-3,6,12,14-15,18H,4-5H2,1H3,(H,16,17). The van der Waals surface area contributed by atoms with Crippen LogP contribution in [0.3, 0.4) is 0 Å². The average Bonchev–Trinajstić information content (AvgIpc) is 2.83. The summed E-state index contributed by atoms with van der Waals surface area (Å²) < 4.78 is 5.23. The molecule has 0 aliphatic carbocycles. The van der Waals surface area contributed by atoms with E-state index in [2.05, 4.69) is 10.3 Å². The molecule has 3 rings (SSSR count). The smallest absolute Gasteiger partial charge is 0.266 e. The molecule has 1 amide bonds. The molecule has 1 aromatic heterocycles. The number of H-pyrrole nitrogens is 1. The molecule has 4 N–H and O–H groups in total. The number of amides is 1. The van der Waals surface area contributed by atoms with Gasteiger partial charge in [-0.1, -0.05) is 0 Å². The summed E-state index contributed by atoms with van der Waals surface area (Å²) in [4.78, 5) is 14.9. The number of nitrogens with one attached hydrogen (secondary N) is 3. The molecule has 2 aromatic rings. The summed E-state index contributed by atoms with van der Waals surface area (Å²) in [6.45, 7) is 0.690. The van der Waals surface area contributed by atoms with Gasteiger partial charge in [0.05, 0.1) is 7.11 Å². The topological polar surface area (TPSA) is 86.4 Å². The summed E-state index contributed by atoms with van der Waals surface area (Å²) in [5.41, 5.74) is 4.56. The highest BCUT2D eigenvalue weighted by Gasteiger charge is 2.29. The number of ether oxygens (including phenoxy) is 1. The third-order valence-electron chi connectivity index (χ3n) is 3.53. The fraction of sp³-hybridized carbons (Fsp3) is 0.308. The second-order valence-corrected chi connectivity index (χ2v) is 4.54. The van der Waals surface area contributed by atoms with Crippen LogP contribution >= 0.6 is 0 Å². The van der Waals surface area contributed by atoms with E-state index in [0.717, 1.165) is 34.3 Å². The molecule has 6 heteroatoms. The van der Waals surface area contributed by atoms with E-state index in [0.29, 0.717) is 6.54 Å². The lowest BCUT2D eigenvalue weighted by molar-refractivity contribution is -0.131. The third-order valence-corrected chi connectivity index (χ3v) is 3.53. The minimum atomic E-state index is -0.549. The van der Waals surface area contributed by atoms with E-state index < -0.39 is 11.9 Å². The molecule has 2 heterocycles. The Morgan fingerprint density at radius 2 is 2.37 bits per heavy atom. The van der Waals surface area contributed by atoms with Gasteiger partial charge >= 0.3 is 0 Å². The van der Waals surface area contributed by atoms with Gasteiger partial charge in [-0.15, -0.1) is 0 Å². The molecular weight excluding hydrogens is 246 g/mol. The van der Waals surface area contributed by atoms with E-state index in [1.807, 2.05) is 18.2 Å². The van der Waals surface area contributed by atoms with Crippen molar-refractivity contribution in [2.75, 3.05) is 13.7 Å². The number of hydroxylamine groups is 1.